The zero-order valence-corrected chi connectivity index (χ0v) is 17.7. The van der Waals surface area contributed by atoms with Crippen LogP contribution in [0.5, 0.6) is 5.88 Å². The smallest absolute Gasteiger partial charge is 0.354 e. The Balaban J connectivity index is 1.48. The van der Waals surface area contributed by atoms with E-state index in [9.17, 15) is 13.4 Å². The van der Waals surface area contributed by atoms with E-state index >= 15 is 0 Å². The fourth-order valence-corrected chi connectivity index (χ4v) is 5.67. The largest absolute Gasteiger partial charge is 0.469 e. The maximum Gasteiger partial charge on any atom is 0.354 e. The monoisotopic (exact) mass is 433 g/mol. The van der Waals surface area contributed by atoms with Crippen LogP contribution in [0.15, 0.2) is 21.5 Å². The van der Waals surface area contributed by atoms with E-state index in [4.69, 9.17) is 9.88 Å². The Morgan fingerprint density at radius 2 is 2.17 bits per heavy atom. The number of aryl methyl sites for hydroxylation is 1. The van der Waals surface area contributed by atoms with Gasteiger partial charge in [-0.2, -0.15) is 5.10 Å². The quantitative estimate of drug-likeness (QED) is 0.758. The molecule has 0 bridgehead atoms. The van der Waals surface area contributed by atoms with Crippen molar-refractivity contribution in [1.29, 1.82) is 0 Å². The lowest BCUT2D eigenvalue weighted by Crippen LogP contribution is -2.27. The number of carbonyl (C=O) groups is 1. The normalized spacial score (nSPS) is 22.6. The number of anilines is 1. The molecule has 2 heterocycles. The average Bonchev–Trinajstić information content (AvgIpc) is 3.36. The van der Waals surface area contributed by atoms with Crippen LogP contribution >= 0.6 is 0 Å². The number of rotatable bonds is 2. The fraction of sp³-hybridized carbons (Fsp3) is 0.500. The van der Waals surface area contributed by atoms with Crippen LogP contribution in [0.4, 0.5) is 14.9 Å². The summed E-state index contributed by atoms with van der Waals surface area (Å²) < 4.78 is 38.3. The predicted octanol–water partition coefficient (Wildman–Crippen LogP) is 2.91. The Morgan fingerprint density at radius 3 is 2.97 bits per heavy atom. The molecule has 8 nitrogen and oxygen atoms in total. The van der Waals surface area contributed by atoms with Gasteiger partial charge in [-0.15, -0.1) is 4.36 Å². The van der Waals surface area contributed by atoms with Gasteiger partial charge in [-0.3, -0.25) is 0 Å². The number of aromatic nitrogens is 2. The Kier molecular flexibility index (Phi) is 4.24. The average molecular weight is 434 g/mol. The van der Waals surface area contributed by atoms with Gasteiger partial charge in [0.1, 0.15) is 16.7 Å². The van der Waals surface area contributed by atoms with Crippen LogP contribution in [0.25, 0.3) is 0 Å². The van der Waals surface area contributed by atoms with Gasteiger partial charge < -0.3 is 10.1 Å². The van der Waals surface area contributed by atoms with Crippen molar-refractivity contribution in [2.75, 3.05) is 5.32 Å². The van der Waals surface area contributed by atoms with Crippen LogP contribution in [0.3, 0.4) is 0 Å². The Labute approximate surface area is 174 Å². The highest BCUT2D eigenvalue weighted by Crippen LogP contribution is 2.39. The summed E-state index contributed by atoms with van der Waals surface area (Å²) in [6.45, 7) is 4.24. The minimum absolute atomic E-state index is 0.0931. The number of nitrogens with one attached hydrogen (secondary N) is 1. The zero-order valence-electron chi connectivity index (χ0n) is 16.9. The summed E-state index contributed by atoms with van der Waals surface area (Å²) in [7, 11) is -3.57. The molecule has 0 saturated carbocycles. The molecule has 0 fully saturated rings. The van der Waals surface area contributed by atoms with E-state index in [0.717, 1.165) is 41.5 Å². The highest BCUT2D eigenvalue weighted by molar-refractivity contribution is 7.91. The number of benzene rings is 1. The van der Waals surface area contributed by atoms with E-state index in [-0.39, 0.29) is 17.2 Å². The van der Waals surface area contributed by atoms with Gasteiger partial charge in [0.25, 0.3) is 0 Å². The van der Waals surface area contributed by atoms with Crippen molar-refractivity contribution in [1.82, 2.24) is 9.78 Å². The third-order valence-electron chi connectivity index (χ3n) is 5.90. The molecular weight excluding hydrogens is 409 g/mol. The molecule has 1 aliphatic heterocycles. The highest BCUT2D eigenvalue weighted by atomic mass is 32.2. The zero-order chi connectivity index (χ0) is 21.3. The minimum atomic E-state index is -3.57. The number of carbonyl (C=O) groups excluding carboxylic acids is 1. The van der Waals surface area contributed by atoms with Gasteiger partial charge in [-0.1, -0.05) is 6.07 Å². The number of hydrogen-bond acceptors (Lipinski definition) is 4. The number of hydrogen-bond donors (Lipinski definition) is 2. The third kappa shape index (κ3) is 3.18. The number of urea groups is 1. The van der Waals surface area contributed by atoms with Crippen molar-refractivity contribution in [3.05, 3.63) is 34.5 Å². The van der Waals surface area contributed by atoms with E-state index < -0.39 is 27.7 Å². The lowest BCUT2D eigenvalue weighted by Gasteiger charge is -2.16. The number of alkyl halides is 1. The van der Waals surface area contributed by atoms with Crippen molar-refractivity contribution in [2.45, 2.75) is 69.2 Å². The van der Waals surface area contributed by atoms with Gasteiger partial charge in [0.15, 0.2) is 9.92 Å². The molecule has 5 rings (SSSR count). The summed E-state index contributed by atoms with van der Waals surface area (Å²) in [6, 6.07) is 1.25. The van der Waals surface area contributed by atoms with Crippen molar-refractivity contribution in [2.24, 2.45) is 9.50 Å². The number of nitrogens with two attached hydrogens (primary N) is 1. The summed E-state index contributed by atoms with van der Waals surface area (Å²) in [5.74, 6) is 0.269. The van der Waals surface area contributed by atoms with Gasteiger partial charge in [-0.25, -0.2) is 23.2 Å². The van der Waals surface area contributed by atoms with Crippen LogP contribution in [-0.4, -0.2) is 31.8 Å². The molecule has 0 saturated heterocycles. The van der Waals surface area contributed by atoms with Gasteiger partial charge in [0, 0.05) is 18.5 Å². The summed E-state index contributed by atoms with van der Waals surface area (Å²) in [6.07, 6.45) is 3.69. The van der Waals surface area contributed by atoms with E-state index in [2.05, 4.69) is 20.8 Å². The molecular formula is C20H24FN5O3S. The summed E-state index contributed by atoms with van der Waals surface area (Å²) in [5.41, 5.74) is 4.00. The molecule has 0 radical (unpaired) electrons. The SMILES string of the molecule is CC1(C)Cn2ncc([S@@](N)(=O)=NC(=O)Nc3c4c(cc5c3C[C@H](F)C5)CCC4)c2O1. The fourth-order valence-electron chi connectivity index (χ4n) is 4.68. The summed E-state index contributed by atoms with van der Waals surface area (Å²) in [4.78, 5) is 12.8. The molecule has 2 aromatic rings. The second kappa shape index (κ2) is 6.52. The molecule has 2 amide bonds. The molecule has 3 N–H and O–H groups in total. The first-order chi connectivity index (χ1) is 14.1. The van der Waals surface area contributed by atoms with Gasteiger partial charge in [-0.05, 0) is 55.4 Å². The molecule has 30 heavy (non-hydrogen) atoms. The Hall–Kier alpha value is -2.46. The second-order valence-corrected chi connectivity index (χ2v) is 10.6. The number of ether oxygens (including phenoxy) is 1. The molecule has 0 unspecified atom stereocenters. The number of fused-ring (bicyclic) bond motifs is 3. The molecule has 10 heteroatoms. The van der Waals surface area contributed by atoms with Crippen LogP contribution in [0.2, 0.25) is 0 Å². The molecule has 2 aliphatic carbocycles. The third-order valence-corrected chi connectivity index (χ3v) is 7.24. The van der Waals surface area contributed by atoms with Crippen LogP contribution in [-0.2, 0) is 42.1 Å². The van der Waals surface area contributed by atoms with Crippen LogP contribution in [0.1, 0.15) is 42.5 Å². The number of amides is 2. The Bertz CT molecular complexity index is 1200. The molecule has 2 atom stereocenters. The second-order valence-electron chi connectivity index (χ2n) is 8.81. The maximum absolute atomic E-state index is 14.0. The molecule has 160 valence electrons. The topological polar surface area (TPSA) is 112 Å². The van der Waals surface area contributed by atoms with E-state index in [1.54, 1.807) is 4.68 Å². The molecule has 0 spiro atoms. The van der Waals surface area contributed by atoms with Gasteiger partial charge in [0.05, 0.1) is 12.7 Å². The predicted molar refractivity (Wildman–Crippen MR) is 110 cm³/mol. The van der Waals surface area contributed by atoms with Gasteiger partial charge in [0.2, 0.25) is 5.88 Å². The molecule has 3 aliphatic rings. The first-order valence-corrected chi connectivity index (χ1v) is 11.6. The lowest BCUT2D eigenvalue weighted by atomic mass is 9.99. The molecule has 1 aromatic heterocycles. The summed E-state index contributed by atoms with van der Waals surface area (Å²) in [5, 5.41) is 12.9. The number of halogens is 1. The van der Waals surface area contributed by atoms with Crippen LogP contribution in [0, 0.1) is 0 Å². The lowest BCUT2D eigenvalue weighted by molar-refractivity contribution is 0.132. The highest BCUT2D eigenvalue weighted by Gasteiger charge is 2.36. The summed E-state index contributed by atoms with van der Waals surface area (Å²) >= 11 is 0. The van der Waals surface area contributed by atoms with Crippen molar-refractivity contribution < 1.29 is 18.1 Å². The standard InChI is InChI=1S/C20H24FN5O3S/c1-20(2)10-26-18(29-20)16(9-23-26)30(22,28)25-19(27)24-17-14-5-3-4-11(14)6-12-7-13(21)8-15(12)17/h6,9,13H,3-5,7-8,10H2,1-2H3,(H3,22,24,25,27,28)/t13-,30+/m1/s1. The van der Waals surface area contributed by atoms with Crippen molar-refractivity contribution in [3.63, 3.8) is 0 Å². The first kappa shape index (κ1) is 19.5. The van der Waals surface area contributed by atoms with E-state index in [1.807, 2.05) is 13.8 Å². The van der Waals surface area contributed by atoms with E-state index in [0.29, 0.717) is 18.7 Å². The number of nitrogens with zero attached hydrogens (tertiary/aromatic N) is 3. The van der Waals surface area contributed by atoms with Crippen molar-refractivity contribution >= 4 is 21.6 Å². The first-order valence-electron chi connectivity index (χ1n) is 10.0. The van der Waals surface area contributed by atoms with E-state index in [1.165, 1.54) is 6.20 Å². The molecule has 1 aromatic carbocycles. The Morgan fingerprint density at radius 1 is 1.37 bits per heavy atom. The van der Waals surface area contributed by atoms with Gasteiger partial charge >= 0.3 is 6.03 Å². The maximum atomic E-state index is 14.0. The van der Waals surface area contributed by atoms with Crippen molar-refractivity contribution in [3.8, 4) is 5.88 Å². The minimum Gasteiger partial charge on any atom is -0.469 e. The van der Waals surface area contributed by atoms with Crippen LogP contribution < -0.4 is 15.2 Å².